The molecule has 7 heteroatoms. The predicted octanol–water partition coefficient (Wildman–Crippen LogP) is 2.12. The lowest BCUT2D eigenvalue weighted by Gasteiger charge is -2.08. The Morgan fingerprint density at radius 2 is 2.00 bits per heavy atom. The third-order valence-electron chi connectivity index (χ3n) is 2.38. The predicted molar refractivity (Wildman–Crippen MR) is 59.6 cm³/mol. The Bertz CT molecular complexity index is 696. The molecule has 0 aromatic carbocycles. The first-order chi connectivity index (χ1) is 8.93. The smallest absolute Gasteiger partial charge is 0.282 e. The van der Waals surface area contributed by atoms with E-state index in [-0.39, 0.29) is 11.3 Å². The van der Waals surface area contributed by atoms with Crippen LogP contribution >= 0.6 is 0 Å². The van der Waals surface area contributed by atoms with Gasteiger partial charge >= 0.3 is 6.18 Å². The number of nitrogens with zero attached hydrogens (tertiary/aromatic N) is 3. The second kappa shape index (κ2) is 4.57. The average molecular weight is 265 g/mol. The molecule has 0 saturated heterocycles. The van der Waals surface area contributed by atoms with Gasteiger partial charge < -0.3 is 0 Å². The number of halogens is 3. The van der Waals surface area contributed by atoms with Crippen molar-refractivity contribution < 1.29 is 13.2 Å². The molecule has 0 aliphatic heterocycles. The third kappa shape index (κ3) is 2.47. The zero-order valence-electron chi connectivity index (χ0n) is 9.35. The van der Waals surface area contributed by atoms with E-state index in [9.17, 15) is 18.0 Å². The molecule has 0 aliphatic rings. The van der Waals surface area contributed by atoms with Crippen molar-refractivity contribution in [1.82, 2.24) is 9.55 Å². The van der Waals surface area contributed by atoms with E-state index in [1.165, 1.54) is 18.3 Å². The van der Waals surface area contributed by atoms with Crippen LogP contribution in [0.4, 0.5) is 13.2 Å². The Balaban J connectivity index is 2.50. The van der Waals surface area contributed by atoms with Crippen molar-refractivity contribution in [3.63, 3.8) is 0 Å². The molecule has 0 saturated carbocycles. The van der Waals surface area contributed by atoms with Crippen molar-refractivity contribution in [3.05, 3.63) is 58.3 Å². The monoisotopic (exact) mass is 265 g/mol. The van der Waals surface area contributed by atoms with Crippen LogP contribution in [0.5, 0.6) is 0 Å². The summed E-state index contributed by atoms with van der Waals surface area (Å²) in [5, 5.41) is 8.71. The van der Waals surface area contributed by atoms with Crippen LogP contribution in [0.2, 0.25) is 0 Å². The maximum absolute atomic E-state index is 12.3. The van der Waals surface area contributed by atoms with Crippen LogP contribution in [0.1, 0.15) is 11.3 Å². The Labute approximate surface area is 105 Å². The first-order valence-corrected chi connectivity index (χ1v) is 5.09. The van der Waals surface area contributed by atoms with Gasteiger partial charge in [-0.2, -0.15) is 18.4 Å². The van der Waals surface area contributed by atoms with Gasteiger partial charge in [-0.1, -0.05) is 0 Å². The van der Waals surface area contributed by atoms with Crippen LogP contribution in [0.3, 0.4) is 0 Å². The Morgan fingerprint density at radius 1 is 1.26 bits per heavy atom. The molecule has 0 N–H and O–H groups in total. The SMILES string of the molecule is N#Cc1cccn(-c2ccc(C(F)(F)F)nc2)c1=O. The summed E-state index contributed by atoms with van der Waals surface area (Å²) in [5.41, 5.74) is -1.58. The van der Waals surface area contributed by atoms with Crippen molar-refractivity contribution in [1.29, 1.82) is 5.26 Å². The van der Waals surface area contributed by atoms with Gasteiger partial charge in [0.25, 0.3) is 5.56 Å². The zero-order chi connectivity index (χ0) is 14.0. The van der Waals surface area contributed by atoms with Gasteiger partial charge in [-0.05, 0) is 24.3 Å². The van der Waals surface area contributed by atoms with Gasteiger partial charge in [0.15, 0.2) is 0 Å². The molecule has 0 unspecified atom stereocenters. The maximum atomic E-state index is 12.3. The molecule has 4 nitrogen and oxygen atoms in total. The van der Waals surface area contributed by atoms with Crippen LogP contribution in [0.25, 0.3) is 5.69 Å². The Hall–Kier alpha value is -2.62. The highest BCUT2D eigenvalue weighted by Gasteiger charge is 2.32. The summed E-state index contributed by atoms with van der Waals surface area (Å²) in [6.07, 6.45) is -2.24. The zero-order valence-corrected chi connectivity index (χ0v) is 9.35. The van der Waals surface area contributed by atoms with E-state index < -0.39 is 17.4 Å². The summed E-state index contributed by atoms with van der Waals surface area (Å²) in [7, 11) is 0. The van der Waals surface area contributed by atoms with Crippen LogP contribution < -0.4 is 5.56 Å². The summed E-state index contributed by atoms with van der Waals surface area (Å²) >= 11 is 0. The highest BCUT2D eigenvalue weighted by molar-refractivity contribution is 5.34. The van der Waals surface area contributed by atoms with E-state index in [0.29, 0.717) is 0 Å². The largest absolute Gasteiger partial charge is 0.433 e. The van der Waals surface area contributed by atoms with Crippen LogP contribution in [0.15, 0.2) is 41.5 Å². The molecule has 0 atom stereocenters. The fourth-order valence-corrected chi connectivity index (χ4v) is 1.48. The molecule has 0 amide bonds. The van der Waals surface area contributed by atoms with Crippen molar-refractivity contribution in [2.24, 2.45) is 0 Å². The van der Waals surface area contributed by atoms with E-state index in [0.717, 1.165) is 22.9 Å². The molecular formula is C12H6F3N3O. The number of pyridine rings is 2. The molecule has 0 bridgehead atoms. The van der Waals surface area contributed by atoms with E-state index in [4.69, 9.17) is 5.26 Å². The van der Waals surface area contributed by atoms with Crippen LogP contribution in [0, 0.1) is 11.3 Å². The fourth-order valence-electron chi connectivity index (χ4n) is 1.48. The molecule has 2 heterocycles. The molecule has 2 aromatic rings. The topological polar surface area (TPSA) is 58.7 Å². The molecule has 0 aliphatic carbocycles. The van der Waals surface area contributed by atoms with E-state index >= 15 is 0 Å². The van der Waals surface area contributed by atoms with Gasteiger partial charge in [-0.25, -0.2) is 4.98 Å². The van der Waals surface area contributed by atoms with Crippen molar-refractivity contribution >= 4 is 0 Å². The van der Waals surface area contributed by atoms with E-state index in [1.54, 1.807) is 6.07 Å². The molecule has 0 radical (unpaired) electrons. The van der Waals surface area contributed by atoms with E-state index in [1.807, 2.05) is 0 Å². The highest BCUT2D eigenvalue weighted by Crippen LogP contribution is 2.27. The normalized spacial score (nSPS) is 11.1. The second-order valence-corrected chi connectivity index (χ2v) is 3.61. The van der Waals surface area contributed by atoms with Gasteiger partial charge in [0.1, 0.15) is 17.3 Å². The lowest BCUT2D eigenvalue weighted by Crippen LogP contribution is -2.20. The molecule has 2 aromatic heterocycles. The first-order valence-electron chi connectivity index (χ1n) is 5.09. The van der Waals surface area contributed by atoms with Gasteiger partial charge in [0.05, 0.1) is 11.9 Å². The van der Waals surface area contributed by atoms with Crippen LogP contribution in [-0.2, 0) is 6.18 Å². The first kappa shape index (κ1) is 12.8. The molecule has 19 heavy (non-hydrogen) atoms. The van der Waals surface area contributed by atoms with E-state index in [2.05, 4.69) is 4.98 Å². The minimum Gasteiger partial charge on any atom is -0.282 e. The fraction of sp³-hybridized carbons (Fsp3) is 0.0833. The summed E-state index contributed by atoms with van der Waals surface area (Å²) in [6, 6.07) is 6.39. The quantitative estimate of drug-likeness (QED) is 0.793. The summed E-state index contributed by atoms with van der Waals surface area (Å²) in [6.45, 7) is 0. The number of nitriles is 1. The summed E-state index contributed by atoms with van der Waals surface area (Å²) < 4.78 is 38.1. The average Bonchev–Trinajstić information content (AvgIpc) is 2.38. The van der Waals surface area contributed by atoms with Crippen molar-refractivity contribution in [2.45, 2.75) is 6.18 Å². The number of alkyl halides is 3. The number of hydrogen-bond donors (Lipinski definition) is 0. The van der Waals surface area contributed by atoms with Gasteiger partial charge in [0, 0.05) is 6.20 Å². The van der Waals surface area contributed by atoms with Crippen molar-refractivity contribution in [3.8, 4) is 11.8 Å². The molecule has 0 fully saturated rings. The Kier molecular flexibility index (Phi) is 3.09. The maximum Gasteiger partial charge on any atom is 0.433 e. The molecule has 96 valence electrons. The van der Waals surface area contributed by atoms with Crippen molar-refractivity contribution in [2.75, 3.05) is 0 Å². The number of rotatable bonds is 1. The van der Waals surface area contributed by atoms with Gasteiger partial charge in [-0.3, -0.25) is 9.36 Å². The van der Waals surface area contributed by atoms with Crippen LogP contribution in [-0.4, -0.2) is 9.55 Å². The second-order valence-electron chi connectivity index (χ2n) is 3.61. The van der Waals surface area contributed by atoms with Gasteiger partial charge in [0.2, 0.25) is 0 Å². The molecular weight excluding hydrogens is 259 g/mol. The standard InChI is InChI=1S/C12H6F3N3O/c13-12(14,15)10-4-3-9(7-17-10)18-5-1-2-8(6-16)11(18)19/h1-5,7H. The third-order valence-corrected chi connectivity index (χ3v) is 2.38. The summed E-state index contributed by atoms with van der Waals surface area (Å²) in [5.74, 6) is 0. The number of aromatic nitrogens is 2. The molecule has 0 spiro atoms. The minimum absolute atomic E-state index is 0.0950. The summed E-state index contributed by atoms with van der Waals surface area (Å²) in [4.78, 5) is 15.0. The van der Waals surface area contributed by atoms with Gasteiger partial charge in [-0.15, -0.1) is 0 Å². The number of hydrogen-bond acceptors (Lipinski definition) is 3. The highest BCUT2D eigenvalue weighted by atomic mass is 19.4. The molecule has 2 rings (SSSR count). The Morgan fingerprint density at radius 3 is 2.53 bits per heavy atom. The lowest BCUT2D eigenvalue weighted by molar-refractivity contribution is -0.141. The lowest BCUT2D eigenvalue weighted by atomic mass is 10.2. The minimum atomic E-state index is -4.53.